The molecule has 1 aliphatic rings. The summed E-state index contributed by atoms with van der Waals surface area (Å²) in [5.41, 5.74) is 2.08. The minimum atomic E-state index is -3.52. The van der Waals surface area contributed by atoms with Crippen LogP contribution in [-0.4, -0.2) is 26.4 Å². The van der Waals surface area contributed by atoms with Crippen molar-refractivity contribution in [3.8, 4) is 5.75 Å². The van der Waals surface area contributed by atoms with Gasteiger partial charge in [-0.15, -0.1) is 0 Å². The fraction of sp³-hybridized carbons (Fsp3) is 0.333. The maximum atomic E-state index is 13.0. The van der Waals surface area contributed by atoms with Crippen molar-refractivity contribution < 1.29 is 13.2 Å². The molecule has 122 valence electrons. The molecule has 0 N–H and O–H groups in total. The van der Waals surface area contributed by atoms with Gasteiger partial charge in [0.15, 0.2) is 0 Å². The Labute approximate surface area is 137 Å². The molecular formula is C18H21NO3S. The zero-order chi connectivity index (χ0) is 16.7. The number of methoxy groups -OCH3 is 1. The van der Waals surface area contributed by atoms with Gasteiger partial charge in [-0.1, -0.05) is 38.1 Å². The lowest BCUT2D eigenvalue weighted by Crippen LogP contribution is -2.44. The molecular weight excluding hydrogens is 310 g/mol. The molecule has 4 nitrogen and oxygen atoms in total. The van der Waals surface area contributed by atoms with Crippen LogP contribution in [0.2, 0.25) is 0 Å². The number of rotatable bonds is 3. The highest BCUT2D eigenvalue weighted by molar-refractivity contribution is 7.89. The van der Waals surface area contributed by atoms with Crippen LogP contribution in [0.15, 0.2) is 53.4 Å². The third-order valence-electron chi connectivity index (χ3n) is 4.36. The quantitative estimate of drug-likeness (QED) is 0.868. The molecule has 0 aromatic heterocycles. The minimum absolute atomic E-state index is 0.214. The van der Waals surface area contributed by atoms with E-state index < -0.39 is 10.0 Å². The van der Waals surface area contributed by atoms with Crippen molar-refractivity contribution in [1.82, 2.24) is 4.31 Å². The second-order valence-electron chi connectivity index (χ2n) is 6.49. The van der Waals surface area contributed by atoms with E-state index in [9.17, 15) is 8.42 Å². The van der Waals surface area contributed by atoms with Gasteiger partial charge in [0.2, 0.25) is 10.0 Å². The summed E-state index contributed by atoms with van der Waals surface area (Å²) in [6, 6.07) is 14.6. The molecule has 0 saturated carbocycles. The van der Waals surface area contributed by atoms with Crippen molar-refractivity contribution in [3.63, 3.8) is 0 Å². The van der Waals surface area contributed by atoms with Crippen molar-refractivity contribution in [1.29, 1.82) is 0 Å². The SMILES string of the molecule is COc1ccc(S(=O)(=O)N2Cc3ccccc3C(C)(C)C2)cc1. The van der Waals surface area contributed by atoms with Crippen LogP contribution >= 0.6 is 0 Å². The molecule has 0 spiro atoms. The Kier molecular flexibility index (Phi) is 3.94. The van der Waals surface area contributed by atoms with Crippen LogP contribution in [0.3, 0.4) is 0 Å². The number of ether oxygens (including phenoxy) is 1. The van der Waals surface area contributed by atoms with Gasteiger partial charge in [-0.3, -0.25) is 0 Å². The highest BCUT2D eigenvalue weighted by Crippen LogP contribution is 2.35. The van der Waals surface area contributed by atoms with E-state index in [2.05, 4.69) is 19.9 Å². The Morgan fingerprint density at radius 1 is 1.04 bits per heavy atom. The van der Waals surface area contributed by atoms with Crippen LogP contribution in [0.5, 0.6) is 5.75 Å². The molecule has 1 aliphatic heterocycles. The number of hydrogen-bond donors (Lipinski definition) is 0. The first-order chi connectivity index (χ1) is 10.8. The Hall–Kier alpha value is -1.85. The molecule has 0 aliphatic carbocycles. The average Bonchev–Trinajstić information content (AvgIpc) is 2.54. The summed E-state index contributed by atoms with van der Waals surface area (Å²) >= 11 is 0. The maximum absolute atomic E-state index is 13.0. The summed E-state index contributed by atoms with van der Waals surface area (Å²) in [5.74, 6) is 0.647. The van der Waals surface area contributed by atoms with Gasteiger partial charge in [0.1, 0.15) is 5.75 Å². The third kappa shape index (κ3) is 2.86. The fourth-order valence-electron chi connectivity index (χ4n) is 3.16. The highest BCUT2D eigenvalue weighted by Gasteiger charge is 2.37. The molecule has 0 amide bonds. The lowest BCUT2D eigenvalue weighted by Gasteiger charge is -2.39. The first-order valence-corrected chi connectivity index (χ1v) is 9.01. The van der Waals surface area contributed by atoms with E-state index in [0.29, 0.717) is 23.7 Å². The van der Waals surface area contributed by atoms with Crippen molar-refractivity contribution in [2.75, 3.05) is 13.7 Å². The topological polar surface area (TPSA) is 46.6 Å². The zero-order valence-electron chi connectivity index (χ0n) is 13.6. The van der Waals surface area contributed by atoms with Crippen LogP contribution in [0, 0.1) is 0 Å². The summed E-state index contributed by atoms with van der Waals surface area (Å²) in [7, 11) is -1.96. The van der Waals surface area contributed by atoms with Gasteiger partial charge in [-0.25, -0.2) is 8.42 Å². The third-order valence-corrected chi connectivity index (χ3v) is 6.17. The Bertz CT molecular complexity index is 810. The minimum Gasteiger partial charge on any atom is -0.497 e. The standard InChI is InChI=1S/C18H21NO3S/c1-18(2)13-19(12-14-6-4-5-7-17(14)18)23(20,21)16-10-8-15(22-3)9-11-16/h4-11H,12-13H2,1-3H3. The van der Waals surface area contributed by atoms with Crippen LogP contribution in [0.1, 0.15) is 25.0 Å². The molecule has 0 bridgehead atoms. The number of hydrogen-bond acceptors (Lipinski definition) is 3. The highest BCUT2D eigenvalue weighted by atomic mass is 32.2. The summed E-state index contributed by atoms with van der Waals surface area (Å²) in [6.45, 7) is 5.05. The second kappa shape index (κ2) is 5.65. The molecule has 0 unspecified atom stereocenters. The zero-order valence-corrected chi connectivity index (χ0v) is 14.4. The predicted octanol–water partition coefficient (Wildman–Crippen LogP) is 3.18. The number of nitrogens with zero attached hydrogens (tertiary/aromatic N) is 1. The Balaban J connectivity index is 1.98. The van der Waals surface area contributed by atoms with Crippen LogP contribution in [0.25, 0.3) is 0 Å². The normalized spacial score (nSPS) is 17.5. The molecule has 3 rings (SSSR count). The molecule has 2 aromatic carbocycles. The summed E-state index contributed by atoms with van der Waals surface area (Å²) in [4.78, 5) is 0.300. The van der Waals surface area contributed by atoms with Crippen molar-refractivity contribution >= 4 is 10.0 Å². The van der Waals surface area contributed by atoms with E-state index in [-0.39, 0.29) is 5.41 Å². The monoisotopic (exact) mass is 331 g/mol. The van der Waals surface area contributed by atoms with E-state index in [0.717, 1.165) is 5.56 Å². The van der Waals surface area contributed by atoms with E-state index in [1.165, 1.54) is 5.56 Å². The van der Waals surface area contributed by atoms with Gasteiger partial charge in [0.05, 0.1) is 12.0 Å². The van der Waals surface area contributed by atoms with Gasteiger partial charge in [0.25, 0.3) is 0 Å². The van der Waals surface area contributed by atoms with E-state index in [1.807, 2.05) is 18.2 Å². The van der Waals surface area contributed by atoms with Crippen LogP contribution in [0.4, 0.5) is 0 Å². The second-order valence-corrected chi connectivity index (χ2v) is 8.43. The summed E-state index contributed by atoms with van der Waals surface area (Å²) in [6.07, 6.45) is 0. The van der Waals surface area contributed by atoms with Crippen LogP contribution < -0.4 is 4.74 Å². The van der Waals surface area contributed by atoms with Gasteiger partial charge in [-0.05, 0) is 35.4 Å². The number of sulfonamides is 1. The molecule has 0 fully saturated rings. The fourth-order valence-corrected chi connectivity index (χ4v) is 4.74. The van der Waals surface area contributed by atoms with Crippen molar-refractivity contribution in [2.24, 2.45) is 0 Å². The molecule has 5 heteroatoms. The smallest absolute Gasteiger partial charge is 0.243 e. The molecule has 0 radical (unpaired) electrons. The van der Waals surface area contributed by atoms with Gasteiger partial charge in [0, 0.05) is 18.5 Å². The first kappa shape index (κ1) is 16.0. The molecule has 1 heterocycles. The average molecular weight is 331 g/mol. The van der Waals surface area contributed by atoms with Crippen molar-refractivity contribution in [3.05, 3.63) is 59.7 Å². The van der Waals surface area contributed by atoms with Gasteiger partial charge < -0.3 is 4.74 Å². The molecule has 0 saturated heterocycles. The Morgan fingerprint density at radius 2 is 1.70 bits per heavy atom. The molecule has 23 heavy (non-hydrogen) atoms. The lowest BCUT2D eigenvalue weighted by atomic mass is 9.79. The van der Waals surface area contributed by atoms with Crippen molar-refractivity contribution in [2.45, 2.75) is 30.7 Å². The lowest BCUT2D eigenvalue weighted by molar-refractivity contribution is 0.300. The first-order valence-electron chi connectivity index (χ1n) is 7.57. The van der Waals surface area contributed by atoms with Gasteiger partial charge in [-0.2, -0.15) is 4.31 Å². The molecule has 0 atom stereocenters. The van der Waals surface area contributed by atoms with Gasteiger partial charge >= 0.3 is 0 Å². The molecule has 2 aromatic rings. The Morgan fingerprint density at radius 3 is 2.35 bits per heavy atom. The van der Waals surface area contributed by atoms with Crippen LogP contribution in [-0.2, 0) is 22.0 Å². The number of benzene rings is 2. The largest absolute Gasteiger partial charge is 0.497 e. The summed E-state index contributed by atoms with van der Waals surface area (Å²) in [5, 5.41) is 0. The van der Waals surface area contributed by atoms with E-state index in [4.69, 9.17) is 4.74 Å². The summed E-state index contributed by atoms with van der Waals surface area (Å²) < 4.78 is 32.6. The van der Waals surface area contributed by atoms with E-state index >= 15 is 0 Å². The maximum Gasteiger partial charge on any atom is 0.243 e. The number of fused-ring (bicyclic) bond motifs is 1. The van der Waals surface area contributed by atoms with E-state index in [1.54, 1.807) is 35.7 Å². The predicted molar refractivity (Wildman–Crippen MR) is 90.1 cm³/mol.